The number of hydrogen-bond acceptors (Lipinski definition) is 6. The van der Waals surface area contributed by atoms with Crippen LogP contribution in [0.4, 0.5) is 11.4 Å². The molecule has 0 bridgehead atoms. The van der Waals surface area contributed by atoms with E-state index in [1.807, 2.05) is 30.3 Å². The fourth-order valence-electron chi connectivity index (χ4n) is 2.68. The van der Waals surface area contributed by atoms with Crippen molar-refractivity contribution in [2.75, 3.05) is 11.9 Å². The smallest absolute Gasteiger partial charge is 0.340 e. The number of rotatable bonds is 6. The van der Waals surface area contributed by atoms with Crippen molar-refractivity contribution in [3.05, 3.63) is 88.1 Å². The standard InChI is InChI=1S/C21H17N3O5/c1-14-16(11-12-17(22-14)15-7-3-2-4-8-15)21(26)29-13-20(25)23-18-9-5-6-10-19(18)24(27)28/h2-12H,13H2,1H3,(H,23,25). The number of nitro groups is 1. The van der Waals surface area contributed by atoms with Crippen molar-refractivity contribution >= 4 is 23.3 Å². The van der Waals surface area contributed by atoms with Crippen LogP contribution in [0, 0.1) is 17.0 Å². The summed E-state index contributed by atoms with van der Waals surface area (Å²) in [6.07, 6.45) is 0. The number of nitrogens with zero attached hydrogens (tertiary/aromatic N) is 2. The Hall–Kier alpha value is -4.07. The van der Waals surface area contributed by atoms with Crippen molar-refractivity contribution < 1.29 is 19.2 Å². The molecule has 1 aromatic heterocycles. The van der Waals surface area contributed by atoms with E-state index in [-0.39, 0.29) is 16.9 Å². The first kappa shape index (κ1) is 19.7. The van der Waals surface area contributed by atoms with Gasteiger partial charge in [-0.3, -0.25) is 19.9 Å². The Bertz CT molecular complexity index is 1070. The molecule has 146 valence electrons. The van der Waals surface area contributed by atoms with E-state index in [9.17, 15) is 19.7 Å². The number of benzene rings is 2. The highest BCUT2D eigenvalue weighted by molar-refractivity contribution is 5.97. The molecule has 0 spiro atoms. The molecule has 8 nitrogen and oxygen atoms in total. The molecule has 1 amide bonds. The summed E-state index contributed by atoms with van der Waals surface area (Å²) in [5, 5.41) is 13.4. The van der Waals surface area contributed by atoms with Gasteiger partial charge in [-0.25, -0.2) is 4.79 Å². The molecule has 0 atom stereocenters. The number of carbonyl (C=O) groups excluding carboxylic acids is 2. The molecule has 29 heavy (non-hydrogen) atoms. The molecule has 0 unspecified atom stereocenters. The van der Waals surface area contributed by atoms with Gasteiger partial charge in [-0.1, -0.05) is 42.5 Å². The number of para-hydroxylation sites is 2. The van der Waals surface area contributed by atoms with E-state index < -0.39 is 23.4 Å². The largest absolute Gasteiger partial charge is 0.452 e. The zero-order valence-electron chi connectivity index (χ0n) is 15.5. The normalized spacial score (nSPS) is 10.2. The van der Waals surface area contributed by atoms with E-state index >= 15 is 0 Å². The number of nitro benzene ring substituents is 1. The maximum absolute atomic E-state index is 12.3. The van der Waals surface area contributed by atoms with Crippen LogP contribution in [0.2, 0.25) is 0 Å². The van der Waals surface area contributed by atoms with Gasteiger partial charge >= 0.3 is 5.97 Å². The topological polar surface area (TPSA) is 111 Å². The molecule has 2 aromatic carbocycles. The molecule has 3 aromatic rings. The SMILES string of the molecule is Cc1nc(-c2ccccc2)ccc1C(=O)OCC(=O)Nc1ccccc1[N+](=O)[O-]. The van der Waals surface area contributed by atoms with Crippen molar-refractivity contribution in [2.24, 2.45) is 0 Å². The average Bonchev–Trinajstić information content (AvgIpc) is 2.73. The zero-order valence-corrected chi connectivity index (χ0v) is 15.5. The number of hydrogen-bond donors (Lipinski definition) is 1. The van der Waals surface area contributed by atoms with Crippen molar-refractivity contribution in [1.82, 2.24) is 4.98 Å². The predicted octanol–water partition coefficient (Wildman–Crippen LogP) is 3.76. The summed E-state index contributed by atoms with van der Waals surface area (Å²) in [5.41, 5.74) is 2.12. The van der Waals surface area contributed by atoms with Crippen molar-refractivity contribution in [1.29, 1.82) is 0 Å². The molecule has 0 saturated heterocycles. The minimum Gasteiger partial charge on any atom is -0.452 e. The van der Waals surface area contributed by atoms with Crippen LogP contribution in [0.1, 0.15) is 16.1 Å². The predicted molar refractivity (Wildman–Crippen MR) is 106 cm³/mol. The second kappa shape index (κ2) is 8.75. The maximum Gasteiger partial charge on any atom is 0.340 e. The lowest BCUT2D eigenvalue weighted by Crippen LogP contribution is -2.21. The molecule has 0 aliphatic carbocycles. The van der Waals surface area contributed by atoms with E-state index in [0.29, 0.717) is 11.4 Å². The zero-order chi connectivity index (χ0) is 20.8. The van der Waals surface area contributed by atoms with Gasteiger partial charge in [0, 0.05) is 11.6 Å². The Morgan fingerprint density at radius 3 is 2.41 bits per heavy atom. The lowest BCUT2D eigenvalue weighted by Gasteiger charge is -2.09. The van der Waals surface area contributed by atoms with Crippen LogP contribution >= 0.6 is 0 Å². The Morgan fingerprint density at radius 2 is 1.72 bits per heavy atom. The molecule has 8 heteroatoms. The summed E-state index contributed by atoms with van der Waals surface area (Å²) >= 11 is 0. The number of aryl methyl sites for hydroxylation is 1. The van der Waals surface area contributed by atoms with Crippen LogP contribution in [-0.4, -0.2) is 28.4 Å². The lowest BCUT2D eigenvalue weighted by atomic mass is 10.1. The number of pyridine rings is 1. The maximum atomic E-state index is 12.3. The number of aromatic nitrogens is 1. The van der Waals surface area contributed by atoms with Crippen molar-refractivity contribution in [2.45, 2.75) is 6.92 Å². The number of esters is 1. The second-order valence-corrected chi connectivity index (χ2v) is 6.09. The van der Waals surface area contributed by atoms with Crippen LogP contribution < -0.4 is 5.32 Å². The summed E-state index contributed by atoms with van der Waals surface area (Å²) < 4.78 is 5.03. The van der Waals surface area contributed by atoms with E-state index in [0.717, 1.165) is 5.56 Å². The monoisotopic (exact) mass is 391 g/mol. The fourth-order valence-corrected chi connectivity index (χ4v) is 2.68. The number of anilines is 1. The Labute approximate surface area is 166 Å². The summed E-state index contributed by atoms with van der Waals surface area (Å²) in [4.78, 5) is 39.1. The summed E-state index contributed by atoms with van der Waals surface area (Å²) in [5.74, 6) is -1.38. The third-order valence-corrected chi connectivity index (χ3v) is 4.08. The highest BCUT2D eigenvalue weighted by Crippen LogP contribution is 2.23. The highest BCUT2D eigenvalue weighted by atomic mass is 16.6. The van der Waals surface area contributed by atoms with Crippen molar-refractivity contribution in [3.63, 3.8) is 0 Å². The van der Waals surface area contributed by atoms with E-state index in [4.69, 9.17) is 4.74 Å². The molecule has 1 N–H and O–H groups in total. The molecular weight excluding hydrogens is 374 g/mol. The summed E-state index contributed by atoms with van der Waals surface area (Å²) in [6.45, 7) is 1.10. The number of nitrogens with one attached hydrogen (secondary N) is 1. The third kappa shape index (κ3) is 4.81. The molecule has 0 aliphatic heterocycles. The molecule has 0 aliphatic rings. The van der Waals surface area contributed by atoms with Gasteiger partial charge in [0.15, 0.2) is 6.61 Å². The highest BCUT2D eigenvalue weighted by Gasteiger charge is 2.17. The second-order valence-electron chi connectivity index (χ2n) is 6.09. The molecular formula is C21H17N3O5. The lowest BCUT2D eigenvalue weighted by molar-refractivity contribution is -0.383. The first-order chi connectivity index (χ1) is 14.0. The average molecular weight is 391 g/mol. The van der Waals surface area contributed by atoms with Crippen LogP contribution in [0.5, 0.6) is 0 Å². The quantitative estimate of drug-likeness (QED) is 0.389. The van der Waals surface area contributed by atoms with Crippen LogP contribution in [0.15, 0.2) is 66.7 Å². The van der Waals surface area contributed by atoms with Gasteiger partial charge in [0.2, 0.25) is 0 Å². The molecule has 1 heterocycles. The van der Waals surface area contributed by atoms with Gasteiger partial charge in [0.05, 0.1) is 21.9 Å². The van der Waals surface area contributed by atoms with Gasteiger partial charge in [0.1, 0.15) is 5.69 Å². The minimum atomic E-state index is -0.702. The van der Waals surface area contributed by atoms with Crippen LogP contribution in [0.25, 0.3) is 11.3 Å². The van der Waals surface area contributed by atoms with Crippen LogP contribution in [-0.2, 0) is 9.53 Å². The minimum absolute atomic E-state index is 0.0311. The van der Waals surface area contributed by atoms with Crippen LogP contribution in [0.3, 0.4) is 0 Å². The number of amides is 1. The molecule has 3 rings (SSSR count). The molecule has 0 radical (unpaired) electrons. The Balaban J connectivity index is 1.64. The number of ether oxygens (including phenoxy) is 1. The van der Waals surface area contributed by atoms with Gasteiger partial charge in [-0.2, -0.15) is 0 Å². The van der Waals surface area contributed by atoms with Gasteiger partial charge < -0.3 is 10.1 Å². The van der Waals surface area contributed by atoms with Crippen molar-refractivity contribution in [3.8, 4) is 11.3 Å². The Morgan fingerprint density at radius 1 is 1.03 bits per heavy atom. The first-order valence-electron chi connectivity index (χ1n) is 8.69. The third-order valence-electron chi connectivity index (χ3n) is 4.08. The van der Waals surface area contributed by atoms with E-state index in [1.54, 1.807) is 25.1 Å². The summed E-state index contributed by atoms with van der Waals surface area (Å²) in [6, 6.07) is 18.5. The van der Waals surface area contributed by atoms with Gasteiger partial charge in [0.25, 0.3) is 11.6 Å². The molecule has 0 saturated carbocycles. The Kier molecular flexibility index (Phi) is 5.94. The molecule has 0 fully saturated rings. The van der Waals surface area contributed by atoms with E-state index in [2.05, 4.69) is 10.3 Å². The van der Waals surface area contributed by atoms with Gasteiger partial charge in [-0.15, -0.1) is 0 Å². The van der Waals surface area contributed by atoms with Gasteiger partial charge in [-0.05, 0) is 25.1 Å². The summed E-state index contributed by atoms with van der Waals surface area (Å²) in [7, 11) is 0. The van der Waals surface area contributed by atoms with E-state index in [1.165, 1.54) is 18.2 Å². The first-order valence-corrected chi connectivity index (χ1v) is 8.69. The fraction of sp³-hybridized carbons (Fsp3) is 0.0952. The number of carbonyl (C=O) groups is 2.